The molecule has 0 amide bonds. The monoisotopic (exact) mass is 233 g/mol. The van der Waals surface area contributed by atoms with Gasteiger partial charge < -0.3 is 10.0 Å². The van der Waals surface area contributed by atoms with Gasteiger partial charge in [-0.15, -0.1) is 0 Å². The van der Waals surface area contributed by atoms with Crippen LogP contribution in [0.2, 0.25) is 0 Å². The molecule has 0 bridgehead atoms. The molecule has 0 radical (unpaired) electrons. The van der Waals surface area contributed by atoms with E-state index in [1.807, 2.05) is 0 Å². The smallest absolute Gasteiger partial charge is 0.0502 e. The van der Waals surface area contributed by atoms with Crippen LogP contribution in [0.3, 0.4) is 0 Å². The van der Waals surface area contributed by atoms with Gasteiger partial charge in [0.05, 0.1) is 6.61 Å². The van der Waals surface area contributed by atoms with Gasteiger partial charge in [0, 0.05) is 12.0 Å². The van der Waals surface area contributed by atoms with Gasteiger partial charge in [0.15, 0.2) is 0 Å². The van der Waals surface area contributed by atoms with Crippen molar-refractivity contribution >= 4 is 0 Å². The molecule has 1 N–H and O–H groups in total. The van der Waals surface area contributed by atoms with Crippen LogP contribution in [0.25, 0.3) is 0 Å². The topological polar surface area (TPSA) is 23.5 Å². The Hall–Kier alpha value is -0.860. The average Bonchev–Trinajstić information content (AvgIpc) is 2.32. The molecule has 1 aromatic rings. The number of nitrogens with zero attached hydrogens (tertiary/aromatic N) is 1. The number of hydrogen-bond donors (Lipinski definition) is 1. The number of benzene rings is 1. The predicted molar refractivity (Wildman–Crippen MR) is 71.1 cm³/mol. The van der Waals surface area contributed by atoms with Gasteiger partial charge in [-0.2, -0.15) is 0 Å². The summed E-state index contributed by atoms with van der Waals surface area (Å²) in [6.07, 6.45) is 3.33. The van der Waals surface area contributed by atoms with E-state index >= 15 is 0 Å². The van der Waals surface area contributed by atoms with Gasteiger partial charge in [0.25, 0.3) is 0 Å². The fourth-order valence-corrected chi connectivity index (χ4v) is 2.92. The fraction of sp³-hybridized carbons (Fsp3) is 0.600. The van der Waals surface area contributed by atoms with Crippen molar-refractivity contribution in [3.63, 3.8) is 0 Å². The third-order valence-electron chi connectivity index (χ3n) is 3.89. The molecule has 1 aliphatic rings. The minimum absolute atomic E-state index is 0.0717. The largest absolute Gasteiger partial charge is 0.396 e. The minimum Gasteiger partial charge on any atom is -0.396 e. The Kier molecular flexibility index (Phi) is 3.85. The van der Waals surface area contributed by atoms with Crippen LogP contribution in [0.5, 0.6) is 0 Å². The fourth-order valence-electron chi connectivity index (χ4n) is 2.92. The number of aliphatic hydroxyl groups excluding tert-OH is 1. The average molecular weight is 233 g/mol. The summed E-state index contributed by atoms with van der Waals surface area (Å²) in [5.74, 6) is 0. The quantitative estimate of drug-likeness (QED) is 0.865. The first-order valence-corrected chi connectivity index (χ1v) is 6.49. The maximum absolute atomic E-state index is 9.75. The summed E-state index contributed by atoms with van der Waals surface area (Å²) >= 11 is 0. The van der Waals surface area contributed by atoms with E-state index in [0.717, 1.165) is 25.9 Å². The minimum atomic E-state index is 0.0717. The Morgan fingerprint density at radius 1 is 1.29 bits per heavy atom. The lowest BCUT2D eigenvalue weighted by molar-refractivity contribution is 0.0439. The van der Waals surface area contributed by atoms with E-state index in [2.05, 4.69) is 43.1 Å². The Morgan fingerprint density at radius 2 is 2.00 bits per heavy atom. The van der Waals surface area contributed by atoms with Gasteiger partial charge in [0.1, 0.15) is 0 Å². The second kappa shape index (κ2) is 5.19. The maximum atomic E-state index is 9.75. The zero-order valence-corrected chi connectivity index (χ0v) is 10.9. The Balaban J connectivity index is 2.10. The Labute approximate surface area is 104 Å². The summed E-state index contributed by atoms with van der Waals surface area (Å²) in [5, 5.41) is 9.75. The van der Waals surface area contributed by atoms with E-state index in [4.69, 9.17) is 0 Å². The van der Waals surface area contributed by atoms with E-state index in [9.17, 15) is 5.11 Å². The highest BCUT2D eigenvalue weighted by molar-refractivity contribution is 5.22. The lowest BCUT2D eigenvalue weighted by atomic mass is 9.76. The SMILES string of the molecule is Cc1ccc(CC2(CO)CCCN(C)C2)cc1. The normalized spacial score (nSPS) is 26.1. The summed E-state index contributed by atoms with van der Waals surface area (Å²) in [4.78, 5) is 2.34. The molecule has 1 aromatic carbocycles. The molecule has 1 saturated heterocycles. The molecule has 2 nitrogen and oxygen atoms in total. The first kappa shape index (κ1) is 12.6. The van der Waals surface area contributed by atoms with Gasteiger partial charge >= 0.3 is 0 Å². The Bertz CT molecular complexity index is 360. The molecule has 2 heteroatoms. The third-order valence-corrected chi connectivity index (χ3v) is 3.89. The van der Waals surface area contributed by atoms with E-state index in [-0.39, 0.29) is 5.41 Å². The summed E-state index contributed by atoms with van der Waals surface area (Å²) < 4.78 is 0. The van der Waals surface area contributed by atoms with Crippen molar-refractivity contribution in [3.05, 3.63) is 35.4 Å². The van der Waals surface area contributed by atoms with Crippen molar-refractivity contribution in [3.8, 4) is 0 Å². The second-order valence-electron chi connectivity index (χ2n) is 5.66. The molecule has 1 fully saturated rings. The number of hydrogen-bond acceptors (Lipinski definition) is 2. The van der Waals surface area contributed by atoms with Crippen molar-refractivity contribution in [1.82, 2.24) is 4.90 Å². The number of aliphatic hydroxyl groups is 1. The standard InChI is InChI=1S/C15H23NO/c1-13-4-6-14(7-5-13)10-15(12-17)8-3-9-16(2)11-15/h4-7,17H,3,8-12H2,1-2H3. The lowest BCUT2D eigenvalue weighted by Gasteiger charge is -2.40. The van der Waals surface area contributed by atoms with E-state index in [1.165, 1.54) is 17.5 Å². The second-order valence-corrected chi connectivity index (χ2v) is 5.66. The predicted octanol–water partition coefficient (Wildman–Crippen LogP) is 2.24. The number of piperidine rings is 1. The van der Waals surface area contributed by atoms with E-state index in [1.54, 1.807) is 0 Å². The van der Waals surface area contributed by atoms with Crippen LogP contribution in [-0.4, -0.2) is 36.8 Å². The molecule has 0 aliphatic carbocycles. The van der Waals surface area contributed by atoms with Crippen LogP contribution in [-0.2, 0) is 6.42 Å². The van der Waals surface area contributed by atoms with E-state index < -0.39 is 0 Å². The van der Waals surface area contributed by atoms with Crippen LogP contribution in [0, 0.1) is 12.3 Å². The molecular weight excluding hydrogens is 210 g/mol. The highest BCUT2D eigenvalue weighted by Crippen LogP contribution is 2.32. The molecule has 0 saturated carbocycles. The zero-order valence-electron chi connectivity index (χ0n) is 10.9. The lowest BCUT2D eigenvalue weighted by Crippen LogP contribution is -2.44. The molecule has 17 heavy (non-hydrogen) atoms. The van der Waals surface area contributed by atoms with Gasteiger partial charge in [-0.25, -0.2) is 0 Å². The van der Waals surface area contributed by atoms with Crippen LogP contribution < -0.4 is 0 Å². The highest BCUT2D eigenvalue weighted by atomic mass is 16.3. The highest BCUT2D eigenvalue weighted by Gasteiger charge is 2.33. The van der Waals surface area contributed by atoms with Gasteiger partial charge in [0.2, 0.25) is 0 Å². The van der Waals surface area contributed by atoms with Crippen LogP contribution in [0.1, 0.15) is 24.0 Å². The van der Waals surface area contributed by atoms with Crippen LogP contribution in [0.4, 0.5) is 0 Å². The molecule has 94 valence electrons. The molecule has 1 aliphatic heterocycles. The molecule has 2 rings (SSSR count). The zero-order chi connectivity index (χ0) is 12.3. The van der Waals surface area contributed by atoms with Gasteiger partial charge in [-0.3, -0.25) is 0 Å². The number of aryl methyl sites for hydroxylation is 1. The summed E-state index contributed by atoms with van der Waals surface area (Å²) in [5.41, 5.74) is 2.72. The summed E-state index contributed by atoms with van der Waals surface area (Å²) in [7, 11) is 2.15. The van der Waals surface area contributed by atoms with E-state index in [0.29, 0.717) is 6.61 Å². The molecule has 1 heterocycles. The maximum Gasteiger partial charge on any atom is 0.0502 e. The molecular formula is C15H23NO. The van der Waals surface area contributed by atoms with Gasteiger partial charge in [-0.1, -0.05) is 29.8 Å². The van der Waals surface area contributed by atoms with Crippen molar-refractivity contribution < 1.29 is 5.11 Å². The molecule has 0 spiro atoms. The van der Waals surface area contributed by atoms with Gasteiger partial charge in [-0.05, 0) is 45.3 Å². The molecule has 0 aromatic heterocycles. The van der Waals surface area contributed by atoms with Crippen LogP contribution >= 0.6 is 0 Å². The first-order chi connectivity index (χ1) is 8.13. The van der Waals surface area contributed by atoms with Crippen LogP contribution in [0.15, 0.2) is 24.3 Å². The summed E-state index contributed by atoms with van der Waals surface area (Å²) in [6, 6.07) is 8.71. The van der Waals surface area contributed by atoms with Crippen molar-refractivity contribution in [2.45, 2.75) is 26.2 Å². The number of likely N-dealkylation sites (tertiary alicyclic amines) is 1. The first-order valence-electron chi connectivity index (χ1n) is 6.49. The third kappa shape index (κ3) is 3.08. The van der Waals surface area contributed by atoms with Crippen molar-refractivity contribution in [2.24, 2.45) is 5.41 Å². The molecule has 1 atom stereocenters. The number of rotatable bonds is 3. The molecule has 1 unspecified atom stereocenters. The Morgan fingerprint density at radius 3 is 2.59 bits per heavy atom. The summed E-state index contributed by atoms with van der Waals surface area (Å²) in [6.45, 7) is 4.58. The van der Waals surface area contributed by atoms with Crippen molar-refractivity contribution in [2.75, 3.05) is 26.7 Å². The van der Waals surface area contributed by atoms with Crippen molar-refractivity contribution in [1.29, 1.82) is 0 Å².